The lowest BCUT2D eigenvalue weighted by atomic mass is 9.79. The van der Waals surface area contributed by atoms with Gasteiger partial charge < -0.3 is 10.1 Å². The lowest BCUT2D eigenvalue weighted by Crippen LogP contribution is -2.42. The highest BCUT2D eigenvalue weighted by Crippen LogP contribution is 2.45. The minimum Gasteiger partial charge on any atom is -0.467 e. The summed E-state index contributed by atoms with van der Waals surface area (Å²) >= 11 is 6.05. The Hall–Kier alpha value is -1.48. The van der Waals surface area contributed by atoms with Crippen LogP contribution < -0.4 is 5.32 Å². The van der Waals surface area contributed by atoms with Gasteiger partial charge in [-0.1, -0.05) is 23.8 Å². The Morgan fingerprint density at radius 1 is 1.50 bits per heavy atom. The molecule has 0 radical (unpaired) electrons. The zero-order chi connectivity index (χ0) is 12.7. The Kier molecular flexibility index (Phi) is 2.78. The molecule has 3 rings (SSSR count). The quantitative estimate of drug-likeness (QED) is 0.625. The van der Waals surface area contributed by atoms with E-state index in [1.807, 2.05) is 18.2 Å². The number of hydrogen-bond acceptors (Lipinski definition) is 3. The number of hydrogen-bond donors (Lipinski definition) is 1. The van der Waals surface area contributed by atoms with E-state index in [-0.39, 0.29) is 23.8 Å². The smallest absolute Gasteiger partial charge is 0.328 e. The van der Waals surface area contributed by atoms with Gasteiger partial charge in [-0.15, -0.1) is 0 Å². The van der Waals surface area contributed by atoms with Crippen molar-refractivity contribution < 1.29 is 9.53 Å². The third kappa shape index (κ3) is 1.70. The number of methoxy groups -OCH3 is 1. The van der Waals surface area contributed by atoms with Crippen molar-refractivity contribution in [2.24, 2.45) is 5.92 Å². The summed E-state index contributed by atoms with van der Waals surface area (Å²) in [5.41, 5.74) is 2.14. The molecular weight excluding hydrogens is 250 g/mol. The van der Waals surface area contributed by atoms with Gasteiger partial charge in [0.25, 0.3) is 0 Å². The molecule has 1 heterocycles. The molecule has 1 aromatic carbocycles. The third-order valence-corrected chi connectivity index (χ3v) is 4.02. The van der Waals surface area contributed by atoms with Crippen molar-refractivity contribution in [3.05, 3.63) is 40.9 Å². The number of ether oxygens (including phenoxy) is 1. The minimum atomic E-state index is -0.274. The minimum absolute atomic E-state index is 0.200. The van der Waals surface area contributed by atoms with Crippen LogP contribution in [0.25, 0.3) is 0 Å². The average molecular weight is 264 g/mol. The van der Waals surface area contributed by atoms with Gasteiger partial charge in [-0.2, -0.15) is 0 Å². The third-order valence-electron chi connectivity index (χ3n) is 3.78. The molecule has 0 saturated heterocycles. The van der Waals surface area contributed by atoms with Crippen molar-refractivity contribution in [1.82, 2.24) is 0 Å². The van der Waals surface area contributed by atoms with E-state index in [0.717, 1.165) is 17.1 Å². The Morgan fingerprint density at radius 3 is 3.11 bits per heavy atom. The van der Waals surface area contributed by atoms with E-state index in [4.69, 9.17) is 16.3 Å². The largest absolute Gasteiger partial charge is 0.467 e. The van der Waals surface area contributed by atoms with Crippen LogP contribution >= 0.6 is 11.6 Å². The molecule has 18 heavy (non-hydrogen) atoms. The average Bonchev–Trinajstić information content (AvgIpc) is 2.86. The molecule has 2 aliphatic rings. The van der Waals surface area contributed by atoms with Crippen LogP contribution in [0.5, 0.6) is 0 Å². The monoisotopic (exact) mass is 263 g/mol. The summed E-state index contributed by atoms with van der Waals surface area (Å²) in [5.74, 6) is 0.279. The first-order valence-corrected chi connectivity index (χ1v) is 6.39. The predicted octanol–water partition coefficient (Wildman–Crippen LogP) is 2.97. The molecule has 94 valence electrons. The number of rotatable bonds is 1. The maximum Gasteiger partial charge on any atom is 0.328 e. The molecule has 0 aromatic heterocycles. The number of esters is 1. The van der Waals surface area contributed by atoms with Crippen molar-refractivity contribution >= 4 is 23.3 Å². The fourth-order valence-corrected chi connectivity index (χ4v) is 3.11. The zero-order valence-corrected chi connectivity index (χ0v) is 10.8. The van der Waals surface area contributed by atoms with Gasteiger partial charge in [-0.05, 0) is 30.2 Å². The highest BCUT2D eigenvalue weighted by atomic mass is 35.5. The second kappa shape index (κ2) is 4.32. The maximum atomic E-state index is 11.8. The van der Waals surface area contributed by atoms with Crippen LogP contribution in [0.1, 0.15) is 17.9 Å². The molecule has 1 aromatic rings. The Labute approximate surface area is 111 Å². The number of fused-ring (bicyclic) bond motifs is 3. The lowest BCUT2D eigenvalue weighted by Gasteiger charge is -2.35. The number of carbonyl (C=O) groups excluding carboxylic acids is 1. The van der Waals surface area contributed by atoms with E-state index in [1.165, 1.54) is 12.7 Å². The molecule has 4 heteroatoms. The van der Waals surface area contributed by atoms with Gasteiger partial charge in [0, 0.05) is 22.5 Å². The number of anilines is 1. The molecule has 1 aliphatic heterocycles. The number of benzene rings is 1. The molecule has 0 amide bonds. The SMILES string of the molecule is COC(=O)[C@H]1Nc2ccc(Cl)cc2[C@H]2C=CC[C@@H]12. The van der Waals surface area contributed by atoms with Gasteiger partial charge in [0.05, 0.1) is 7.11 Å². The first-order chi connectivity index (χ1) is 8.70. The molecule has 1 N–H and O–H groups in total. The first kappa shape index (κ1) is 11.6. The van der Waals surface area contributed by atoms with Crippen LogP contribution in [0.3, 0.4) is 0 Å². The standard InChI is InChI=1S/C14H14ClNO2/c1-18-14(17)13-10-4-2-3-9(10)11-7-8(15)5-6-12(11)16-13/h2-3,5-7,9-10,13,16H,4H2,1H3/t9-,10+,13-/m0/s1. The summed E-state index contributed by atoms with van der Waals surface area (Å²) in [4.78, 5) is 11.8. The van der Waals surface area contributed by atoms with Gasteiger partial charge in [0.1, 0.15) is 6.04 Å². The van der Waals surface area contributed by atoms with Crippen LogP contribution in [-0.4, -0.2) is 19.1 Å². The van der Waals surface area contributed by atoms with E-state index in [9.17, 15) is 4.79 Å². The fraction of sp³-hybridized carbons (Fsp3) is 0.357. The second-order valence-corrected chi connectivity index (χ2v) is 5.17. The number of allylic oxidation sites excluding steroid dienone is 2. The second-order valence-electron chi connectivity index (χ2n) is 4.73. The first-order valence-electron chi connectivity index (χ1n) is 6.01. The fourth-order valence-electron chi connectivity index (χ4n) is 2.93. The molecule has 0 unspecified atom stereocenters. The van der Waals surface area contributed by atoms with E-state index >= 15 is 0 Å². The maximum absolute atomic E-state index is 11.8. The number of carbonyl (C=O) groups is 1. The molecular formula is C14H14ClNO2. The number of nitrogens with one attached hydrogen (secondary N) is 1. The summed E-state index contributed by atoms with van der Waals surface area (Å²) in [7, 11) is 1.43. The van der Waals surface area contributed by atoms with Crippen LogP contribution in [0.4, 0.5) is 5.69 Å². The van der Waals surface area contributed by atoms with Crippen LogP contribution in [0, 0.1) is 5.92 Å². The van der Waals surface area contributed by atoms with Crippen LogP contribution in [-0.2, 0) is 9.53 Å². The van der Waals surface area contributed by atoms with E-state index in [1.54, 1.807) is 0 Å². The van der Waals surface area contributed by atoms with E-state index in [0.29, 0.717) is 0 Å². The zero-order valence-electron chi connectivity index (χ0n) is 10.0. The summed E-state index contributed by atoms with van der Waals surface area (Å²) in [6.07, 6.45) is 5.18. The van der Waals surface area contributed by atoms with E-state index in [2.05, 4.69) is 17.5 Å². The van der Waals surface area contributed by atoms with Crippen molar-refractivity contribution in [2.45, 2.75) is 18.4 Å². The van der Waals surface area contributed by atoms with Crippen molar-refractivity contribution in [3.8, 4) is 0 Å². The Morgan fingerprint density at radius 2 is 2.33 bits per heavy atom. The lowest BCUT2D eigenvalue weighted by molar-refractivity contribution is -0.142. The summed E-state index contributed by atoms with van der Waals surface area (Å²) in [6, 6.07) is 5.46. The van der Waals surface area contributed by atoms with Crippen molar-refractivity contribution in [3.63, 3.8) is 0 Å². The van der Waals surface area contributed by atoms with Gasteiger partial charge >= 0.3 is 5.97 Å². The molecule has 0 fully saturated rings. The topological polar surface area (TPSA) is 38.3 Å². The number of halogens is 1. The molecule has 1 aliphatic carbocycles. The van der Waals surface area contributed by atoms with Gasteiger partial charge in [0.15, 0.2) is 0 Å². The Bertz CT molecular complexity index is 527. The molecule has 0 spiro atoms. The summed E-state index contributed by atoms with van der Waals surface area (Å²) in [6.45, 7) is 0. The summed E-state index contributed by atoms with van der Waals surface area (Å²) in [5, 5.41) is 4.00. The van der Waals surface area contributed by atoms with Gasteiger partial charge in [-0.25, -0.2) is 4.79 Å². The highest BCUT2D eigenvalue weighted by Gasteiger charge is 2.41. The van der Waals surface area contributed by atoms with Crippen LogP contribution in [0.2, 0.25) is 5.02 Å². The van der Waals surface area contributed by atoms with E-state index < -0.39 is 0 Å². The molecule has 0 saturated carbocycles. The predicted molar refractivity (Wildman–Crippen MR) is 70.9 cm³/mol. The summed E-state index contributed by atoms with van der Waals surface area (Å²) < 4.78 is 4.88. The van der Waals surface area contributed by atoms with Crippen molar-refractivity contribution in [1.29, 1.82) is 0 Å². The molecule has 3 atom stereocenters. The normalized spacial score (nSPS) is 28.2. The van der Waals surface area contributed by atoms with Crippen molar-refractivity contribution in [2.75, 3.05) is 12.4 Å². The van der Waals surface area contributed by atoms with Gasteiger partial charge in [-0.3, -0.25) is 0 Å². The molecule has 0 bridgehead atoms. The van der Waals surface area contributed by atoms with Crippen LogP contribution in [0.15, 0.2) is 30.4 Å². The highest BCUT2D eigenvalue weighted by molar-refractivity contribution is 6.30. The Balaban J connectivity index is 2.04. The molecule has 3 nitrogen and oxygen atoms in total. The van der Waals surface area contributed by atoms with Gasteiger partial charge in [0.2, 0.25) is 0 Å².